The third-order valence-electron chi connectivity index (χ3n) is 3.53. The first-order valence-corrected chi connectivity index (χ1v) is 6.63. The van der Waals surface area contributed by atoms with E-state index in [4.69, 9.17) is 0 Å². The average molecular weight is 284 g/mol. The molecule has 0 fully saturated rings. The van der Waals surface area contributed by atoms with E-state index in [0.29, 0.717) is 17.8 Å². The zero-order chi connectivity index (χ0) is 15.0. The second-order valence-electron chi connectivity index (χ2n) is 4.96. The molecule has 0 aliphatic rings. The maximum atomic E-state index is 12.3. The molecule has 3 aromatic heterocycles. The smallest absolute Gasteiger partial charge is 0.257 e. The molecule has 0 bridgehead atoms. The molecule has 3 aromatic rings. The van der Waals surface area contributed by atoms with Crippen LogP contribution in [-0.2, 0) is 13.6 Å². The average Bonchev–Trinajstić information content (AvgIpc) is 3.01. The predicted molar refractivity (Wildman–Crippen MR) is 76.8 cm³/mol. The number of hydrogen-bond donors (Lipinski definition) is 1. The minimum atomic E-state index is -0.189. The molecule has 0 atom stereocenters. The Kier molecular flexibility index (Phi) is 3.17. The fourth-order valence-electron chi connectivity index (χ4n) is 2.11. The van der Waals surface area contributed by atoms with Crippen LogP contribution in [0.2, 0.25) is 0 Å². The molecule has 1 N–H and O–H groups in total. The van der Waals surface area contributed by atoms with Gasteiger partial charge in [0.2, 0.25) is 0 Å². The highest BCUT2D eigenvalue weighted by Crippen LogP contribution is 2.10. The molecular formula is C14H16N6O. The second-order valence-corrected chi connectivity index (χ2v) is 4.96. The van der Waals surface area contributed by atoms with Gasteiger partial charge >= 0.3 is 0 Å². The van der Waals surface area contributed by atoms with E-state index in [1.165, 1.54) is 6.20 Å². The number of aryl methyl sites for hydroxylation is 2. The number of carbonyl (C=O) groups is 1. The summed E-state index contributed by atoms with van der Waals surface area (Å²) in [4.78, 5) is 16.6. The van der Waals surface area contributed by atoms with Crippen molar-refractivity contribution in [3.8, 4) is 0 Å². The largest absolute Gasteiger partial charge is 0.348 e. The number of amides is 1. The summed E-state index contributed by atoms with van der Waals surface area (Å²) in [6.45, 7) is 4.28. The van der Waals surface area contributed by atoms with Gasteiger partial charge in [-0.25, -0.2) is 9.50 Å². The fourth-order valence-corrected chi connectivity index (χ4v) is 2.11. The standard InChI is InChI=1S/C14H16N6O/c1-9-4-5-20-13(18-9)12(8-17-20)14(21)15-6-11-7-16-19(3)10(11)2/h4-5,7-8H,6H2,1-3H3,(H,15,21). The lowest BCUT2D eigenvalue weighted by Crippen LogP contribution is -2.23. The predicted octanol–water partition coefficient (Wildman–Crippen LogP) is 1.01. The van der Waals surface area contributed by atoms with Crippen molar-refractivity contribution in [2.45, 2.75) is 20.4 Å². The molecule has 7 nitrogen and oxygen atoms in total. The topological polar surface area (TPSA) is 77.1 Å². The number of fused-ring (bicyclic) bond motifs is 1. The minimum absolute atomic E-state index is 0.189. The molecule has 0 aliphatic carbocycles. The maximum absolute atomic E-state index is 12.3. The van der Waals surface area contributed by atoms with Crippen molar-refractivity contribution < 1.29 is 4.79 Å². The zero-order valence-corrected chi connectivity index (χ0v) is 12.2. The lowest BCUT2D eigenvalue weighted by Gasteiger charge is -2.04. The van der Waals surface area contributed by atoms with Gasteiger partial charge in [0.25, 0.3) is 5.91 Å². The van der Waals surface area contributed by atoms with Gasteiger partial charge < -0.3 is 5.32 Å². The van der Waals surface area contributed by atoms with E-state index in [9.17, 15) is 4.79 Å². The van der Waals surface area contributed by atoms with Gasteiger partial charge in [-0.3, -0.25) is 9.48 Å². The van der Waals surface area contributed by atoms with Crippen molar-refractivity contribution in [1.82, 2.24) is 29.7 Å². The summed E-state index contributed by atoms with van der Waals surface area (Å²) in [5.74, 6) is -0.189. The molecule has 108 valence electrons. The molecule has 3 rings (SSSR count). The molecule has 0 radical (unpaired) electrons. The quantitative estimate of drug-likeness (QED) is 0.778. The van der Waals surface area contributed by atoms with Gasteiger partial charge in [-0.15, -0.1) is 0 Å². The van der Waals surface area contributed by atoms with E-state index in [0.717, 1.165) is 17.0 Å². The summed E-state index contributed by atoms with van der Waals surface area (Å²) < 4.78 is 3.37. The Bertz CT molecular complexity index is 816. The van der Waals surface area contributed by atoms with Crippen LogP contribution in [0.5, 0.6) is 0 Å². The van der Waals surface area contributed by atoms with Crippen LogP contribution in [0.1, 0.15) is 27.3 Å². The van der Waals surface area contributed by atoms with Crippen LogP contribution < -0.4 is 5.32 Å². The third kappa shape index (κ3) is 2.37. The van der Waals surface area contributed by atoms with Gasteiger partial charge in [-0.05, 0) is 19.9 Å². The molecule has 1 amide bonds. The number of nitrogens with one attached hydrogen (secondary N) is 1. The van der Waals surface area contributed by atoms with Crippen LogP contribution in [0, 0.1) is 13.8 Å². The summed E-state index contributed by atoms with van der Waals surface area (Å²) in [5.41, 5.74) is 3.91. The summed E-state index contributed by atoms with van der Waals surface area (Å²) in [7, 11) is 1.87. The molecular weight excluding hydrogens is 268 g/mol. The van der Waals surface area contributed by atoms with Crippen molar-refractivity contribution in [1.29, 1.82) is 0 Å². The van der Waals surface area contributed by atoms with E-state index in [1.54, 1.807) is 21.6 Å². The zero-order valence-electron chi connectivity index (χ0n) is 12.2. The Morgan fingerprint density at radius 1 is 1.29 bits per heavy atom. The van der Waals surface area contributed by atoms with Gasteiger partial charge in [0.1, 0.15) is 5.56 Å². The maximum Gasteiger partial charge on any atom is 0.257 e. The number of hydrogen-bond acceptors (Lipinski definition) is 4. The lowest BCUT2D eigenvalue weighted by atomic mass is 10.2. The summed E-state index contributed by atoms with van der Waals surface area (Å²) in [6.07, 6.45) is 5.08. The van der Waals surface area contributed by atoms with Crippen molar-refractivity contribution in [2.75, 3.05) is 0 Å². The van der Waals surface area contributed by atoms with Crippen LogP contribution in [-0.4, -0.2) is 30.3 Å². The lowest BCUT2D eigenvalue weighted by molar-refractivity contribution is 0.0952. The molecule has 0 spiro atoms. The third-order valence-corrected chi connectivity index (χ3v) is 3.53. The SMILES string of the molecule is Cc1ccn2ncc(C(=O)NCc3cnn(C)c3C)c2n1. The van der Waals surface area contributed by atoms with Crippen LogP contribution in [0.3, 0.4) is 0 Å². The van der Waals surface area contributed by atoms with Gasteiger partial charge in [0.05, 0.1) is 12.4 Å². The van der Waals surface area contributed by atoms with Gasteiger partial charge in [0.15, 0.2) is 5.65 Å². The molecule has 0 aliphatic heterocycles. The van der Waals surface area contributed by atoms with Gasteiger partial charge in [-0.2, -0.15) is 10.2 Å². The van der Waals surface area contributed by atoms with Crippen LogP contribution in [0.15, 0.2) is 24.7 Å². The minimum Gasteiger partial charge on any atom is -0.348 e. The molecule has 21 heavy (non-hydrogen) atoms. The first-order valence-electron chi connectivity index (χ1n) is 6.63. The monoisotopic (exact) mass is 284 g/mol. The summed E-state index contributed by atoms with van der Waals surface area (Å²) in [5, 5.41) is 11.2. The molecule has 0 unspecified atom stereocenters. The molecule has 3 heterocycles. The summed E-state index contributed by atoms with van der Waals surface area (Å²) in [6, 6.07) is 1.85. The van der Waals surface area contributed by atoms with Crippen molar-refractivity contribution >= 4 is 11.6 Å². The van der Waals surface area contributed by atoms with Crippen molar-refractivity contribution in [3.05, 3.63) is 47.2 Å². The Hall–Kier alpha value is -2.70. The van der Waals surface area contributed by atoms with E-state index < -0.39 is 0 Å². The first kappa shape index (κ1) is 13.3. The normalized spacial score (nSPS) is 11.0. The van der Waals surface area contributed by atoms with E-state index in [2.05, 4.69) is 20.5 Å². The van der Waals surface area contributed by atoms with Gasteiger partial charge in [0, 0.05) is 36.7 Å². The van der Waals surface area contributed by atoms with Crippen molar-refractivity contribution in [3.63, 3.8) is 0 Å². The Balaban J connectivity index is 1.81. The van der Waals surface area contributed by atoms with Crippen LogP contribution in [0.4, 0.5) is 0 Å². The fraction of sp³-hybridized carbons (Fsp3) is 0.286. The number of rotatable bonds is 3. The molecule has 7 heteroatoms. The first-order chi connectivity index (χ1) is 10.1. The molecule has 0 saturated carbocycles. The highest BCUT2D eigenvalue weighted by Gasteiger charge is 2.14. The highest BCUT2D eigenvalue weighted by atomic mass is 16.1. The number of aromatic nitrogens is 5. The molecule has 0 aromatic carbocycles. The Labute approximate surface area is 121 Å². The molecule has 0 saturated heterocycles. The van der Waals surface area contributed by atoms with E-state index in [1.807, 2.05) is 27.0 Å². The van der Waals surface area contributed by atoms with Gasteiger partial charge in [-0.1, -0.05) is 0 Å². The second kappa shape index (κ2) is 5.01. The highest BCUT2D eigenvalue weighted by molar-refractivity contribution is 5.99. The van der Waals surface area contributed by atoms with Crippen LogP contribution >= 0.6 is 0 Å². The van der Waals surface area contributed by atoms with E-state index in [-0.39, 0.29) is 5.91 Å². The summed E-state index contributed by atoms with van der Waals surface area (Å²) >= 11 is 0. The number of carbonyl (C=O) groups excluding carboxylic acids is 1. The Morgan fingerprint density at radius 2 is 2.10 bits per heavy atom. The van der Waals surface area contributed by atoms with Crippen molar-refractivity contribution in [2.24, 2.45) is 7.05 Å². The van der Waals surface area contributed by atoms with Crippen LogP contribution in [0.25, 0.3) is 5.65 Å². The Morgan fingerprint density at radius 3 is 2.81 bits per heavy atom. The van der Waals surface area contributed by atoms with E-state index >= 15 is 0 Å². The number of nitrogens with zero attached hydrogens (tertiary/aromatic N) is 5.